The maximum Gasteiger partial charge on any atom is 0.229 e. The average Bonchev–Trinajstić information content (AvgIpc) is 3.95. The molecule has 8 heterocycles. The Hall–Kier alpha value is -6.66. The van der Waals surface area contributed by atoms with Gasteiger partial charge in [-0.1, -0.05) is 0 Å². The molecular weight excluding hydrogens is 785 g/mol. The second-order valence-electron chi connectivity index (χ2n) is 15.1. The molecule has 308 valence electrons. The van der Waals surface area contributed by atoms with Gasteiger partial charge in [0.2, 0.25) is 11.8 Å². The molecule has 14 nitrogen and oxygen atoms in total. The van der Waals surface area contributed by atoms with Crippen molar-refractivity contribution < 1.29 is 36.6 Å². The van der Waals surface area contributed by atoms with Gasteiger partial charge in [-0.2, -0.15) is 10.2 Å². The largest absolute Gasteiger partial charge is 0.397 e. The normalized spacial score (nSPS) is 15.9. The van der Waals surface area contributed by atoms with E-state index in [4.69, 9.17) is 20.9 Å². The first-order valence-electron chi connectivity index (χ1n) is 19.2. The molecule has 0 radical (unpaired) electrons. The van der Waals surface area contributed by atoms with Gasteiger partial charge in [-0.3, -0.25) is 28.9 Å². The van der Waals surface area contributed by atoms with E-state index in [0.717, 1.165) is 40.7 Å². The van der Waals surface area contributed by atoms with Crippen LogP contribution in [0.1, 0.15) is 46.0 Å². The van der Waals surface area contributed by atoms with Crippen LogP contribution < -0.4 is 11.5 Å². The lowest BCUT2D eigenvalue weighted by Crippen LogP contribution is -2.33. The van der Waals surface area contributed by atoms with E-state index in [1.165, 1.54) is 18.2 Å². The van der Waals surface area contributed by atoms with Crippen LogP contribution in [0.2, 0.25) is 0 Å². The monoisotopic (exact) mass is 822 g/mol. The van der Waals surface area contributed by atoms with E-state index >= 15 is 0 Å². The lowest BCUT2D eigenvalue weighted by Gasteiger charge is -2.28. The summed E-state index contributed by atoms with van der Waals surface area (Å²) in [4.78, 5) is 37.9. The molecule has 60 heavy (non-hydrogen) atoms. The van der Waals surface area contributed by atoms with E-state index in [1.807, 2.05) is 15.6 Å². The van der Waals surface area contributed by atoms with Crippen molar-refractivity contribution in [3.8, 4) is 22.5 Å². The number of rotatable bonds is 8. The Morgan fingerprint density at radius 1 is 0.667 bits per heavy atom. The third kappa shape index (κ3) is 7.66. The molecule has 0 spiro atoms. The van der Waals surface area contributed by atoms with Gasteiger partial charge in [0.1, 0.15) is 23.3 Å². The van der Waals surface area contributed by atoms with Crippen LogP contribution >= 0.6 is 0 Å². The van der Waals surface area contributed by atoms with Crippen LogP contribution in [0.4, 0.5) is 28.9 Å². The lowest BCUT2D eigenvalue weighted by atomic mass is 10.1. The number of fused-ring (bicyclic) bond motifs is 2. The molecular formula is C42H38F4N10O4. The van der Waals surface area contributed by atoms with Crippen molar-refractivity contribution in [2.45, 2.75) is 51.1 Å². The molecule has 4 aliphatic rings. The number of aromatic nitrogens is 6. The smallest absolute Gasteiger partial charge is 0.229 e. The Bertz CT molecular complexity index is 2620. The van der Waals surface area contributed by atoms with E-state index < -0.39 is 23.3 Å². The Balaban J connectivity index is 0.000000154. The first kappa shape index (κ1) is 38.8. The maximum absolute atomic E-state index is 14.1. The summed E-state index contributed by atoms with van der Waals surface area (Å²) in [5.41, 5.74) is 18.3. The van der Waals surface area contributed by atoms with Crippen LogP contribution in [0.15, 0.2) is 73.1 Å². The Labute approximate surface area is 340 Å². The van der Waals surface area contributed by atoms with Crippen molar-refractivity contribution >= 4 is 23.2 Å². The summed E-state index contributed by atoms with van der Waals surface area (Å²) in [6.07, 6.45) is 3.75. The van der Waals surface area contributed by atoms with Crippen molar-refractivity contribution in [1.82, 2.24) is 39.3 Å². The molecule has 4 aliphatic heterocycles. The zero-order chi connectivity index (χ0) is 41.7. The van der Waals surface area contributed by atoms with E-state index in [1.54, 1.807) is 40.3 Å². The summed E-state index contributed by atoms with van der Waals surface area (Å²) in [5, 5.41) is 8.99. The van der Waals surface area contributed by atoms with Gasteiger partial charge in [-0.15, -0.1) is 0 Å². The number of ether oxygens (including phenoxy) is 2. The van der Waals surface area contributed by atoms with Gasteiger partial charge in [-0.25, -0.2) is 17.6 Å². The molecule has 2 saturated heterocycles. The highest BCUT2D eigenvalue weighted by molar-refractivity contribution is 5.81. The van der Waals surface area contributed by atoms with E-state index in [-0.39, 0.29) is 47.9 Å². The third-order valence-corrected chi connectivity index (χ3v) is 11.0. The van der Waals surface area contributed by atoms with Gasteiger partial charge in [-0.05, 0) is 48.5 Å². The number of amides is 2. The lowest BCUT2D eigenvalue weighted by molar-refractivity contribution is -0.132. The van der Waals surface area contributed by atoms with E-state index in [2.05, 4.69) is 20.2 Å². The molecule has 2 fully saturated rings. The minimum Gasteiger partial charge on any atom is -0.397 e. The topological polar surface area (TPSA) is 173 Å². The summed E-state index contributed by atoms with van der Waals surface area (Å²) in [5.74, 6) is -3.03. The predicted octanol–water partition coefficient (Wildman–Crippen LogP) is 4.92. The van der Waals surface area contributed by atoms with Crippen molar-refractivity contribution in [1.29, 1.82) is 0 Å². The number of anilines is 2. The number of carbonyl (C=O) groups is 2. The fraction of sp³-hybridized carbons (Fsp3) is 0.286. The number of nitrogen functional groups attached to an aromatic ring is 2. The van der Waals surface area contributed by atoms with Crippen LogP contribution in [0.5, 0.6) is 0 Å². The summed E-state index contributed by atoms with van der Waals surface area (Å²) in [7, 11) is 0. The molecule has 10 rings (SSSR count). The van der Waals surface area contributed by atoms with Gasteiger partial charge >= 0.3 is 0 Å². The summed E-state index contributed by atoms with van der Waals surface area (Å²) in [6.45, 7) is 4.46. The molecule has 0 unspecified atom stereocenters. The maximum atomic E-state index is 14.1. The Kier molecular flexibility index (Phi) is 10.2. The predicted molar refractivity (Wildman–Crippen MR) is 208 cm³/mol. The van der Waals surface area contributed by atoms with Gasteiger partial charge < -0.3 is 30.7 Å². The van der Waals surface area contributed by atoms with Crippen LogP contribution in [-0.4, -0.2) is 77.6 Å². The minimum atomic E-state index is -0.719. The van der Waals surface area contributed by atoms with Crippen LogP contribution in [0.3, 0.4) is 0 Å². The summed E-state index contributed by atoms with van der Waals surface area (Å²) in [6, 6.07) is 13.3. The molecule has 4 N–H and O–H groups in total. The average molecular weight is 823 g/mol. The minimum absolute atomic E-state index is 0.00721. The first-order chi connectivity index (χ1) is 29.0. The number of hydrogen-bond acceptors (Lipinski definition) is 10. The van der Waals surface area contributed by atoms with Crippen molar-refractivity contribution in [2.75, 3.05) is 37.9 Å². The number of pyridine rings is 2. The Morgan fingerprint density at radius 3 is 1.70 bits per heavy atom. The SMILES string of the molecule is Nc1ccc(-c2ccc(F)cc2F)nc1CC(=O)N1Cc2cn(C3COC3)nc2C1.Nc1ccc(-c2ccc(F)cc2F)nc1CC(=O)N1Cc2cnn(C3COC3)c2C1. The fourth-order valence-corrected chi connectivity index (χ4v) is 7.45. The molecule has 2 amide bonds. The molecule has 2 aromatic carbocycles. The second kappa shape index (κ2) is 15.8. The van der Waals surface area contributed by atoms with Gasteiger partial charge in [0.25, 0.3) is 0 Å². The van der Waals surface area contributed by atoms with Gasteiger partial charge in [0.15, 0.2) is 0 Å². The summed E-state index contributed by atoms with van der Waals surface area (Å²) < 4.78 is 68.9. The van der Waals surface area contributed by atoms with E-state index in [9.17, 15) is 27.2 Å². The quantitative estimate of drug-likeness (QED) is 0.201. The van der Waals surface area contributed by atoms with Crippen molar-refractivity contribution in [3.05, 3.63) is 130 Å². The van der Waals surface area contributed by atoms with Crippen LogP contribution in [0, 0.1) is 23.3 Å². The molecule has 6 aromatic rings. The molecule has 0 aliphatic carbocycles. The van der Waals surface area contributed by atoms with Crippen molar-refractivity contribution in [2.24, 2.45) is 0 Å². The fourth-order valence-electron chi connectivity index (χ4n) is 7.45. The zero-order valence-electron chi connectivity index (χ0n) is 32.0. The van der Waals surface area contributed by atoms with Crippen LogP contribution in [0.25, 0.3) is 22.5 Å². The standard InChI is InChI=1S/2C21H19F2N5O2/c22-13-1-2-15(16(23)5-13)18-4-3-17(24)19(25-18)6-21(29)27-7-12-8-28(14-10-30-11-14)26-20(12)9-27;22-13-1-2-15(16(23)5-13)18-4-3-17(24)19(26-18)6-21(29)27-8-12-7-25-28(20(12)9-27)14-10-30-11-14/h1-5,8,14H,6-7,9-11,24H2;1-5,7,14H,6,8-11,24H2. The number of halogens is 4. The van der Waals surface area contributed by atoms with Gasteiger partial charge in [0, 0.05) is 53.7 Å². The summed E-state index contributed by atoms with van der Waals surface area (Å²) >= 11 is 0. The number of hydrogen-bond donors (Lipinski definition) is 2. The number of carbonyl (C=O) groups excluding carboxylic acids is 2. The first-order valence-corrected chi connectivity index (χ1v) is 19.2. The second-order valence-corrected chi connectivity index (χ2v) is 15.1. The number of nitrogens with two attached hydrogens (primary N) is 2. The highest BCUT2D eigenvalue weighted by Crippen LogP contribution is 2.31. The van der Waals surface area contributed by atoms with Gasteiger partial charge in [0.05, 0.1) is 116 Å². The highest BCUT2D eigenvalue weighted by atomic mass is 19.1. The highest BCUT2D eigenvalue weighted by Gasteiger charge is 2.33. The number of nitrogens with zero attached hydrogens (tertiary/aromatic N) is 8. The molecule has 0 saturated carbocycles. The molecule has 4 aromatic heterocycles. The Morgan fingerprint density at radius 2 is 1.20 bits per heavy atom. The van der Waals surface area contributed by atoms with E-state index in [0.29, 0.717) is 86.8 Å². The zero-order valence-corrected chi connectivity index (χ0v) is 32.0. The molecule has 0 atom stereocenters. The third-order valence-electron chi connectivity index (χ3n) is 11.0. The molecule has 0 bridgehead atoms. The van der Waals surface area contributed by atoms with Crippen LogP contribution in [-0.2, 0) is 58.1 Å². The molecule has 18 heteroatoms. The van der Waals surface area contributed by atoms with Crippen molar-refractivity contribution in [3.63, 3.8) is 0 Å². The number of benzene rings is 2.